The smallest absolute Gasteiger partial charge is 0.332 e. The van der Waals surface area contributed by atoms with Crippen molar-refractivity contribution in [2.45, 2.75) is 23.0 Å². The number of sulfonamides is 1. The molecule has 144 valence electrons. The first-order valence-corrected chi connectivity index (χ1v) is 10.8. The molecule has 1 aliphatic heterocycles. The number of fused-ring (bicyclic) bond motifs is 1. The van der Waals surface area contributed by atoms with Gasteiger partial charge in [0.05, 0.1) is 0 Å². The average Bonchev–Trinajstić information content (AvgIpc) is 3.35. The van der Waals surface area contributed by atoms with Crippen molar-refractivity contribution in [3.63, 3.8) is 0 Å². The van der Waals surface area contributed by atoms with Crippen molar-refractivity contribution in [2.24, 2.45) is 14.1 Å². The van der Waals surface area contributed by atoms with Gasteiger partial charge in [0.15, 0.2) is 5.65 Å². The Hall–Kier alpha value is -2.24. The third-order valence-electron chi connectivity index (χ3n) is 4.97. The number of rotatable bonds is 3. The summed E-state index contributed by atoms with van der Waals surface area (Å²) in [4.78, 5) is 31.9. The highest BCUT2D eigenvalue weighted by molar-refractivity contribution is 7.91. The van der Waals surface area contributed by atoms with E-state index >= 15 is 0 Å². The predicted octanol–water partition coefficient (Wildman–Crippen LogP) is 0.590. The van der Waals surface area contributed by atoms with Crippen molar-refractivity contribution in [3.05, 3.63) is 44.2 Å². The summed E-state index contributed by atoms with van der Waals surface area (Å²) < 4.78 is 29.7. The van der Waals surface area contributed by atoms with Crippen LogP contribution in [-0.2, 0) is 24.1 Å². The average molecular weight is 409 g/mol. The number of thiophene rings is 1. The van der Waals surface area contributed by atoms with Gasteiger partial charge in [0, 0.05) is 33.1 Å². The molecular weight excluding hydrogens is 390 g/mol. The Morgan fingerprint density at radius 3 is 2.74 bits per heavy atom. The van der Waals surface area contributed by atoms with E-state index in [4.69, 9.17) is 0 Å². The fourth-order valence-corrected chi connectivity index (χ4v) is 6.13. The number of hydrogen-bond donors (Lipinski definition) is 1. The summed E-state index contributed by atoms with van der Waals surface area (Å²) in [6, 6.07) is 3.32. The normalized spacial score (nSPS) is 19.0. The zero-order valence-corrected chi connectivity index (χ0v) is 16.5. The lowest BCUT2D eigenvalue weighted by Crippen LogP contribution is -2.39. The monoisotopic (exact) mass is 409 g/mol. The van der Waals surface area contributed by atoms with Crippen LogP contribution in [0.2, 0.25) is 0 Å². The minimum Gasteiger partial charge on any atom is -0.336 e. The molecule has 4 heterocycles. The lowest BCUT2D eigenvalue weighted by molar-refractivity contribution is 0.311. The molecule has 3 aromatic rings. The molecule has 1 fully saturated rings. The van der Waals surface area contributed by atoms with Gasteiger partial charge in [-0.2, -0.15) is 4.31 Å². The number of hydrogen-bond acceptors (Lipinski definition) is 6. The van der Waals surface area contributed by atoms with Crippen molar-refractivity contribution in [2.75, 3.05) is 13.1 Å². The molecule has 4 rings (SSSR count). The lowest BCUT2D eigenvalue weighted by Gasteiger charge is -2.30. The van der Waals surface area contributed by atoms with Gasteiger partial charge in [-0.1, -0.05) is 6.07 Å². The molecule has 0 radical (unpaired) electrons. The van der Waals surface area contributed by atoms with Crippen LogP contribution >= 0.6 is 11.3 Å². The first-order chi connectivity index (χ1) is 12.8. The summed E-state index contributed by atoms with van der Waals surface area (Å²) in [5, 5.41) is 1.74. The molecule has 1 atom stereocenters. The third kappa shape index (κ3) is 2.86. The van der Waals surface area contributed by atoms with Gasteiger partial charge in [0.25, 0.3) is 15.6 Å². The fraction of sp³-hybridized carbons (Fsp3) is 0.438. The van der Waals surface area contributed by atoms with E-state index in [1.807, 2.05) is 0 Å². The van der Waals surface area contributed by atoms with Crippen LogP contribution in [0, 0.1) is 0 Å². The van der Waals surface area contributed by atoms with E-state index in [0.29, 0.717) is 23.0 Å². The molecule has 1 saturated heterocycles. The molecule has 0 aromatic carbocycles. The highest BCUT2D eigenvalue weighted by Gasteiger charge is 2.33. The first kappa shape index (κ1) is 18.1. The Bertz CT molecular complexity index is 1220. The van der Waals surface area contributed by atoms with Crippen molar-refractivity contribution >= 4 is 32.5 Å². The van der Waals surface area contributed by atoms with Crippen LogP contribution in [0.3, 0.4) is 0 Å². The number of nitrogens with one attached hydrogen (secondary N) is 1. The first-order valence-electron chi connectivity index (χ1n) is 8.50. The van der Waals surface area contributed by atoms with E-state index in [0.717, 1.165) is 11.0 Å². The number of aromatic amines is 1. The van der Waals surface area contributed by atoms with Crippen LogP contribution < -0.4 is 11.2 Å². The van der Waals surface area contributed by atoms with E-state index < -0.39 is 21.3 Å². The van der Waals surface area contributed by atoms with E-state index in [2.05, 4.69) is 9.97 Å². The number of aryl methyl sites for hydroxylation is 1. The summed E-state index contributed by atoms with van der Waals surface area (Å²) in [5.41, 5.74) is -0.342. The van der Waals surface area contributed by atoms with Gasteiger partial charge >= 0.3 is 5.69 Å². The van der Waals surface area contributed by atoms with Crippen LogP contribution in [0.25, 0.3) is 11.2 Å². The summed E-state index contributed by atoms with van der Waals surface area (Å²) >= 11 is 1.20. The highest BCUT2D eigenvalue weighted by Crippen LogP contribution is 2.30. The standard InChI is InChI=1S/C16H19N5O4S2/c1-19-14-12(15(22)20(2)16(19)23)17-13(18-14)10-5-3-7-21(9-10)27(24,25)11-6-4-8-26-11/h4,6,8,10H,3,5,7,9H2,1-2H3,(H,17,18). The van der Waals surface area contributed by atoms with Crippen molar-refractivity contribution in [1.82, 2.24) is 23.4 Å². The van der Waals surface area contributed by atoms with Crippen LogP contribution in [0.15, 0.2) is 31.3 Å². The second kappa shape index (κ2) is 6.43. The zero-order valence-electron chi connectivity index (χ0n) is 14.9. The quantitative estimate of drug-likeness (QED) is 0.681. The molecule has 1 aliphatic rings. The summed E-state index contributed by atoms with van der Waals surface area (Å²) in [5.74, 6) is 0.370. The Morgan fingerprint density at radius 1 is 1.26 bits per heavy atom. The number of H-pyrrole nitrogens is 1. The van der Waals surface area contributed by atoms with E-state index in [-0.39, 0.29) is 23.6 Å². The van der Waals surface area contributed by atoms with E-state index in [1.54, 1.807) is 24.6 Å². The maximum atomic E-state index is 12.8. The maximum Gasteiger partial charge on any atom is 0.332 e. The third-order valence-corrected chi connectivity index (χ3v) is 8.21. The Kier molecular flexibility index (Phi) is 4.32. The number of aromatic nitrogens is 4. The van der Waals surface area contributed by atoms with Gasteiger partial charge in [-0.25, -0.2) is 18.2 Å². The molecule has 11 heteroatoms. The van der Waals surface area contributed by atoms with Crippen LogP contribution in [-0.4, -0.2) is 44.9 Å². The van der Waals surface area contributed by atoms with Crippen molar-refractivity contribution < 1.29 is 8.42 Å². The van der Waals surface area contributed by atoms with Crippen molar-refractivity contribution in [1.29, 1.82) is 0 Å². The summed E-state index contributed by atoms with van der Waals surface area (Å²) in [7, 11) is -0.554. The molecule has 0 spiro atoms. The molecule has 9 nitrogen and oxygen atoms in total. The Morgan fingerprint density at radius 2 is 2.04 bits per heavy atom. The molecule has 3 aromatic heterocycles. The van der Waals surface area contributed by atoms with E-state index in [1.165, 1.54) is 27.3 Å². The minimum atomic E-state index is -3.53. The maximum absolute atomic E-state index is 12.8. The Balaban J connectivity index is 1.72. The van der Waals surface area contributed by atoms with E-state index in [9.17, 15) is 18.0 Å². The van der Waals surface area contributed by atoms with Crippen LogP contribution in [0.4, 0.5) is 0 Å². The van der Waals surface area contributed by atoms with Gasteiger partial charge in [-0.3, -0.25) is 13.9 Å². The van der Waals surface area contributed by atoms with Gasteiger partial charge in [-0.05, 0) is 24.3 Å². The Labute approximate surface area is 158 Å². The number of imidazole rings is 1. The molecule has 0 saturated carbocycles. The summed E-state index contributed by atoms with van der Waals surface area (Å²) in [6.07, 6.45) is 1.45. The van der Waals surface area contributed by atoms with Gasteiger partial charge < -0.3 is 4.98 Å². The van der Waals surface area contributed by atoms with Crippen molar-refractivity contribution in [3.8, 4) is 0 Å². The molecule has 1 unspecified atom stereocenters. The molecule has 1 N–H and O–H groups in total. The predicted molar refractivity (Wildman–Crippen MR) is 102 cm³/mol. The SMILES string of the molecule is Cn1c(=O)c2[nH]c(C3CCCN(S(=O)(=O)c4cccs4)C3)nc2n(C)c1=O. The highest BCUT2D eigenvalue weighted by atomic mass is 32.2. The summed E-state index contributed by atoms with van der Waals surface area (Å²) in [6.45, 7) is 0.742. The fourth-order valence-electron chi connectivity index (χ4n) is 3.46. The van der Waals surface area contributed by atoms with Crippen LogP contribution in [0.1, 0.15) is 24.6 Å². The largest absolute Gasteiger partial charge is 0.336 e. The number of nitrogens with zero attached hydrogens (tertiary/aromatic N) is 4. The van der Waals surface area contributed by atoms with Gasteiger partial charge in [-0.15, -0.1) is 11.3 Å². The molecule has 0 amide bonds. The molecular formula is C16H19N5O4S2. The topological polar surface area (TPSA) is 110 Å². The molecule has 27 heavy (non-hydrogen) atoms. The lowest BCUT2D eigenvalue weighted by atomic mass is 9.99. The second-order valence-corrected chi connectivity index (χ2v) is 9.77. The van der Waals surface area contributed by atoms with Crippen LogP contribution in [0.5, 0.6) is 0 Å². The molecule has 0 aliphatic carbocycles. The van der Waals surface area contributed by atoms with Gasteiger partial charge in [0.2, 0.25) is 0 Å². The number of piperidine rings is 1. The van der Waals surface area contributed by atoms with Gasteiger partial charge in [0.1, 0.15) is 15.6 Å². The second-order valence-electron chi connectivity index (χ2n) is 6.66. The zero-order chi connectivity index (χ0) is 19.3. The molecule has 0 bridgehead atoms. The minimum absolute atomic E-state index is 0.166.